The van der Waals surface area contributed by atoms with Crippen molar-refractivity contribution in [2.75, 3.05) is 19.8 Å². The Bertz CT molecular complexity index is 730. The molecule has 0 amide bonds. The Kier molecular flexibility index (Phi) is 15.0. The number of aliphatic hydroxyl groups is 7. The standard InChI is InChI=1S/C12H24O17P2.2Ca.4H/c13-1-4-7(16)10(19)12(3-14,27-4)28-11-9(18)8(17)6(15)5(26-11)2-25-31(23,24)29-30(20,21)22;;;;;;/h4-11,13-19H,1-3H2,(H,23,24)(H2,20,21,22);;;;;;/q;2*+2;4*-1/t4-,5-,6-,7-,8+,9-,10+,11-,12+;;;;;;/m1....../s1. The third-order valence-electron chi connectivity index (χ3n) is 4.50. The zero-order valence-electron chi connectivity index (χ0n) is 20.9. The molecule has 0 spiro atoms. The number of aliphatic hydroxyl groups excluding tert-OH is 7. The molecule has 0 bridgehead atoms. The van der Waals surface area contributed by atoms with Crippen LogP contribution in [0.1, 0.15) is 5.71 Å². The number of hydrogen-bond donors (Lipinski definition) is 10. The van der Waals surface area contributed by atoms with E-state index in [0.29, 0.717) is 0 Å². The Morgan fingerprint density at radius 3 is 1.91 bits per heavy atom. The second-order valence-electron chi connectivity index (χ2n) is 6.71. The normalized spacial score (nSPS) is 41.0. The van der Waals surface area contributed by atoms with Crippen molar-refractivity contribution < 1.29 is 88.3 Å². The van der Waals surface area contributed by atoms with E-state index in [2.05, 4.69) is 8.83 Å². The number of rotatable bonds is 9. The smallest absolute Gasteiger partial charge is 1.00 e. The van der Waals surface area contributed by atoms with E-state index in [1.165, 1.54) is 0 Å². The molecule has 0 aromatic heterocycles. The summed E-state index contributed by atoms with van der Waals surface area (Å²) in [6.07, 6.45) is -14.9. The van der Waals surface area contributed by atoms with E-state index >= 15 is 0 Å². The van der Waals surface area contributed by atoms with E-state index in [0.717, 1.165) is 0 Å². The summed E-state index contributed by atoms with van der Waals surface area (Å²) >= 11 is 0. The van der Waals surface area contributed by atoms with Crippen molar-refractivity contribution in [2.24, 2.45) is 0 Å². The minimum Gasteiger partial charge on any atom is -1.00 e. The molecule has 0 radical (unpaired) electrons. The summed E-state index contributed by atoms with van der Waals surface area (Å²) in [5, 5.41) is 68.8. The number of phosphoric ester groups is 1. The third-order valence-corrected chi connectivity index (χ3v) is 6.65. The van der Waals surface area contributed by atoms with E-state index in [4.69, 9.17) is 29.1 Å². The Labute approximate surface area is 252 Å². The molecule has 10 atom stereocenters. The zero-order chi connectivity index (χ0) is 23.8. The van der Waals surface area contributed by atoms with Gasteiger partial charge in [-0.15, -0.1) is 0 Å². The molecule has 10 N–H and O–H groups in total. The van der Waals surface area contributed by atoms with Gasteiger partial charge >= 0.3 is 91.1 Å². The topological polar surface area (TPSA) is 283 Å². The minimum atomic E-state index is -5.43. The first kappa shape index (κ1) is 35.4. The van der Waals surface area contributed by atoms with E-state index in [1.54, 1.807) is 0 Å². The zero-order valence-corrected chi connectivity index (χ0v) is 23.1. The summed E-state index contributed by atoms with van der Waals surface area (Å²) in [7, 11) is -10.8. The first-order chi connectivity index (χ1) is 14.2. The number of ether oxygens (including phenoxy) is 3. The van der Waals surface area contributed by atoms with Crippen molar-refractivity contribution in [3.8, 4) is 0 Å². The van der Waals surface area contributed by atoms with Crippen LogP contribution in [0.25, 0.3) is 0 Å². The van der Waals surface area contributed by atoms with Gasteiger partial charge in [0.25, 0.3) is 0 Å². The first-order valence-electron chi connectivity index (χ1n) is 8.53. The predicted molar refractivity (Wildman–Crippen MR) is 106 cm³/mol. The van der Waals surface area contributed by atoms with E-state index in [-0.39, 0.29) is 81.2 Å². The van der Waals surface area contributed by atoms with Gasteiger partial charge in [-0.1, -0.05) is 0 Å². The molecule has 192 valence electrons. The average Bonchev–Trinajstić information content (AvgIpc) is 2.90. The Balaban J connectivity index is -0.000000569. The van der Waals surface area contributed by atoms with Crippen LogP contribution in [-0.2, 0) is 32.2 Å². The van der Waals surface area contributed by atoms with Crippen molar-refractivity contribution in [1.82, 2.24) is 0 Å². The molecule has 2 aliphatic rings. The summed E-state index contributed by atoms with van der Waals surface area (Å²) in [5.41, 5.74) is 0. The van der Waals surface area contributed by atoms with E-state index < -0.39 is 90.3 Å². The summed E-state index contributed by atoms with van der Waals surface area (Å²) in [4.78, 5) is 26.4. The summed E-state index contributed by atoms with van der Waals surface area (Å²) in [6.45, 7) is -3.04. The van der Waals surface area contributed by atoms with Crippen LogP contribution in [0.5, 0.6) is 0 Å². The Morgan fingerprint density at radius 1 is 0.879 bits per heavy atom. The van der Waals surface area contributed by atoms with Crippen molar-refractivity contribution >= 4 is 91.1 Å². The number of phosphoric acid groups is 2. The average molecular weight is 586 g/mol. The van der Waals surface area contributed by atoms with Crippen LogP contribution in [0.4, 0.5) is 0 Å². The van der Waals surface area contributed by atoms with Gasteiger partial charge in [0.1, 0.15) is 49.3 Å². The fourth-order valence-corrected chi connectivity index (χ4v) is 4.54. The molecule has 33 heavy (non-hydrogen) atoms. The molecule has 1 unspecified atom stereocenters. The van der Waals surface area contributed by atoms with Crippen LogP contribution in [-0.4, -0.2) is 201 Å². The van der Waals surface area contributed by atoms with Crippen molar-refractivity contribution in [3.05, 3.63) is 0 Å². The van der Waals surface area contributed by atoms with Gasteiger partial charge in [0, 0.05) is 0 Å². The van der Waals surface area contributed by atoms with E-state index in [9.17, 15) is 44.7 Å². The van der Waals surface area contributed by atoms with Gasteiger partial charge in [-0.3, -0.25) is 4.52 Å². The van der Waals surface area contributed by atoms with Crippen LogP contribution >= 0.6 is 15.6 Å². The monoisotopic (exact) mass is 586 g/mol. The maximum Gasteiger partial charge on any atom is 2.00 e. The molecular weight excluding hydrogens is 558 g/mol. The van der Waals surface area contributed by atoms with Gasteiger partial charge in [-0.05, 0) is 0 Å². The van der Waals surface area contributed by atoms with Crippen LogP contribution < -0.4 is 0 Å². The molecular formula is C12H28Ca2O17P2. The fraction of sp³-hybridized carbons (Fsp3) is 1.00. The van der Waals surface area contributed by atoms with Crippen LogP contribution in [0.3, 0.4) is 0 Å². The summed E-state index contributed by atoms with van der Waals surface area (Å²) < 4.78 is 45.5. The van der Waals surface area contributed by atoms with Crippen LogP contribution in [0, 0.1) is 0 Å². The second kappa shape index (κ2) is 14.0. The van der Waals surface area contributed by atoms with Crippen molar-refractivity contribution in [2.45, 2.75) is 54.8 Å². The van der Waals surface area contributed by atoms with Gasteiger partial charge in [0.2, 0.25) is 5.79 Å². The molecule has 0 aromatic carbocycles. The largest absolute Gasteiger partial charge is 2.00 e. The molecule has 2 heterocycles. The van der Waals surface area contributed by atoms with Crippen molar-refractivity contribution in [1.29, 1.82) is 0 Å². The van der Waals surface area contributed by atoms with E-state index in [1.807, 2.05) is 0 Å². The Morgan fingerprint density at radius 2 is 1.45 bits per heavy atom. The maximum atomic E-state index is 11.5. The molecule has 0 aliphatic carbocycles. The Hall–Kier alpha value is 2.38. The quantitative estimate of drug-likeness (QED) is 0.0890. The van der Waals surface area contributed by atoms with Crippen LogP contribution in [0.2, 0.25) is 0 Å². The summed E-state index contributed by atoms with van der Waals surface area (Å²) in [6, 6.07) is 0. The SMILES string of the molecule is O=P(O)(O)OP(=O)(O)OC[C@H]1O[C@H](O[C@]2(CO)O[C@H](CO)[C@@H](O)[C@@H]2O)[C@H](O)[C@@H](O)[C@@H]1O.[Ca+2].[Ca+2].[H-].[H-].[H-].[H-]. The fourth-order valence-electron chi connectivity index (χ4n) is 2.94. The van der Waals surface area contributed by atoms with Gasteiger partial charge < -0.3 is 70.3 Å². The van der Waals surface area contributed by atoms with Gasteiger partial charge in [-0.2, -0.15) is 4.31 Å². The minimum absolute atomic E-state index is 0. The molecule has 21 heteroatoms. The van der Waals surface area contributed by atoms with Gasteiger partial charge in [-0.25, -0.2) is 9.13 Å². The summed E-state index contributed by atoms with van der Waals surface area (Å²) in [5.74, 6) is -2.44. The molecule has 2 rings (SSSR count). The molecule has 2 saturated heterocycles. The first-order valence-corrected chi connectivity index (χ1v) is 11.6. The van der Waals surface area contributed by atoms with Gasteiger partial charge in [0.05, 0.1) is 13.2 Å². The van der Waals surface area contributed by atoms with Gasteiger partial charge in [0.15, 0.2) is 6.29 Å². The molecule has 2 aliphatic heterocycles. The predicted octanol–water partition coefficient (Wildman–Crippen LogP) is -5.47. The second-order valence-corrected chi connectivity index (χ2v) is 9.54. The maximum absolute atomic E-state index is 11.5. The third kappa shape index (κ3) is 8.97. The number of hydrogen-bond acceptors (Lipinski definition) is 14. The van der Waals surface area contributed by atoms with Crippen LogP contribution in [0.15, 0.2) is 0 Å². The molecule has 2 fully saturated rings. The molecule has 17 nitrogen and oxygen atoms in total. The van der Waals surface area contributed by atoms with Crippen molar-refractivity contribution in [3.63, 3.8) is 0 Å². The molecule has 0 saturated carbocycles. The molecule has 0 aromatic rings.